The Morgan fingerprint density at radius 3 is 2.55 bits per heavy atom. The number of rotatable bonds is 6. The molecule has 0 saturated carbocycles. The smallest absolute Gasteiger partial charge is 0.254 e. The van der Waals surface area contributed by atoms with Crippen molar-refractivity contribution >= 4 is 17.5 Å². The molecule has 0 spiro atoms. The van der Waals surface area contributed by atoms with Crippen molar-refractivity contribution in [1.29, 1.82) is 0 Å². The number of hydrogen-bond donors (Lipinski definition) is 1. The highest BCUT2D eigenvalue weighted by atomic mass is 35.5. The maximum absolute atomic E-state index is 13.5. The minimum atomic E-state index is -0.613. The lowest BCUT2D eigenvalue weighted by atomic mass is 10.2. The first-order chi connectivity index (χ1) is 10.6. The third-order valence-electron chi connectivity index (χ3n) is 2.89. The van der Waals surface area contributed by atoms with Crippen molar-refractivity contribution < 1.29 is 18.7 Å². The molecule has 2 rings (SSSR count). The molecule has 0 aliphatic carbocycles. The van der Waals surface area contributed by atoms with Crippen LogP contribution in [0.25, 0.3) is 0 Å². The second-order valence-electron chi connectivity index (χ2n) is 4.40. The molecular weight excluding hydrogens is 309 g/mol. The molecular formula is C16H15ClFNO3. The van der Waals surface area contributed by atoms with Gasteiger partial charge in [0.1, 0.15) is 23.9 Å². The lowest BCUT2D eigenvalue weighted by Gasteiger charge is -2.09. The minimum absolute atomic E-state index is 0.0862. The molecule has 0 aromatic heterocycles. The zero-order chi connectivity index (χ0) is 15.9. The highest BCUT2D eigenvalue weighted by Crippen LogP contribution is 2.17. The van der Waals surface area contributed by atoms with Gasteiger partial charge in [0, 0.05) is 5.02 Å². The van der Waals surface area contributed by atoms with Crippen LogP contribution in [0.4, 0.5) is 4.39 Å². The fourth-order valence-corrected chi connectivity index (χ4v) is 1.94. The van der Waals surface area contributed by atoms with Crippen LogP contribution in [0.5, 0.6) is 11.5 Å². The Morgan fingerprint density at radius 2 is 1.86 bits per heavy atom. The predicted octanol–water partition coefficient (Wildman–Crippen LogP) is 3.30. The van der Waals surface area contributed by atoms with E-state index >= 15 is 0 Å². The van der Waals surface area contributed by atoms with E-state index in [4.69, 9.17) is 21.1 Å². The molecule has 0 aliphatic rings. The predicted molar refractivity (Wildman–Crippen MR) is 82.2 cm³/mol. The molecule has 0 saturated heterocycles. The lowest BCUT2D eigenvalue weighted by Crippen LogP contribution is -2.28. The van der Waals surface area contributed by atoms with Crippen molar-refractivity contribution in [2.45, 2.75) is 0 Å². The minimum Gasteiger partial charge on any atom is -0.497 e. The summed E-state index contributed by atoms with van der Waals surface area (Å²) in [6.07, 6.45) is 0. The van der Waals surface area contributed by atoms with Gasteiger partial charge in [-0.1, -0.05) is 11.6 Å². The summed E-state index contributed by atoms with van der Waals surface area (Å²) in [6, 6.07) is 10.9. The SMILES string of the molecule is COc1ccc(OCCNC(=O)c2cc(Cl)ccc2F)cc1. The Bertz CT molecular complexity index is 646. The molecule has 116 valence electrons. The van der Waals surface area contributed by atoms with Crippen molar-refractivity contribution in [2.24, 2.45) is 0 Å². The van der Waals surface area contributed by atoms with Crippen LogP contribution >= 0.6 is 11.6 Å². The Labute approximate surface area is 132 Å². The van der Waals surface area contributed by atoms with Crippen LogP contribution in [0.2, 0.25) is 5.02 Å². The van der Waals surface area contributed by atoms with Gasteiger partial charge in [0.15, 0.2) is 0 Å². The van der Waals surface area contributed by atoms with Crippen LogP contribution in [-0.4, -0.2) is 26.2 Å². The summed E-state index contributed by atoms with van der Waals surface area (Å²) in [5.41, 5.74) is -0.0862. The first-order valence-electron chi connectivity index (χ1n) is 6.60. The average molecular weight is 324 g/mol. The van der Waals surface area contributed by atoms with E-state index in [9.17, 15) is 9.18 Å². The summed E-state index contributed by atoms with van der Waals surface area (Å²) in [5, 5.41) is 2.88. The highest BCUT2D eigenvalue weighted by Gasteiger charge is 2.11. The molecule has 2 aromatic carbocycles. The van der Waals surface area contributed by atoms with Crippen molar-refractivity contribution in [3.63, 3.8) is 0 Å². The van der Waals surface area contributed by atoms with Crippen LogP contribution < -0.4 is 14.8 Å². The van der Waals surface area contributed by atoms with E-state index in [1.165, 1.54) is 12.1 Å². The Kier molecular flexibility index (Phi) is 5.61. The van der Waals surface area contributed by atoms with E-state index in [-0.39, 0.29) is 18.7 Å². The molecule has 0 bridgehead atoms. The fraction of sp³-hybridized carbons (Fsp3) is 0.188. The second kappa shape index (κ2) is 7.66. The van der Waals surface area contributed by atoms with Gasteiger partial charge >= 0.3 is 0 Å². The molecule has 0 radical (unpaired) electrons. The Balaban J connectivity index is 1.80. The van der Waals surface area contributed by atoms with Gasteiger partial charge in [-0.05, 0) is 42.5 Å². The molecule has 1 amide bonds. The largest absolute Gasteiger partial charge is 0.497 e. The number of carbonyl (C=O) groups excluding carboxylic acids is 1. The fourth-order valence-electron chi connectivity index (χ4n) is 1.77. The monoisotopic (exact) mass is 323 g/mol. The topological polar surface area (TPSA) is 47.6 Å². The maximum Gasteiger partial charge on any atom is 0.254 e. The Morgan fingerprint density at radius 1 is 1.18 bits per heavy atom. The van der Waals surface area contributed by atoms with Crippen LogP contribution in [0, 0.1) is 5.82 Å². The van der Waals surface area contributed by atoms with Gasteiger partial charge in [-0.15, -0.1) is 0 Å². The summed E-state index contributed by atoms with van der Waals surface area (Å²) >= 11 is 5.75. The van der Waals surface area contributed by atoms with Crippen LogP contribution in [0.1, 0.15) is 10.4 Å². The van der Waals surface area contributed by atoms with Crippen LogP contribution in [0.15, 0.2) is 42.5 Å². The summed E-state index contributed by atoms with van der Waals surface area (Å²) in [6.45, 7) is 0.511. The third kappa shape index (κ3) is 4.36. The quantitative estimate of drug-likeness (QED) is 0.830. The van der Waals surface area contributed by atoms with E-state index in [1.807, 2.05) is 0 Å². The van der Waals surface area contributed by atoms with E-state index in [2.05, 4.69) is 5.32 Å². The summed E-state index contributed by atoms with van der Waals surface area (Å²) < 4.78 is 24.0. The van der Waals surface area contributed by atoms with E-state index in [0.717, 1.165) is 11.8 Å². The van der Waals surface area contributed by atoms with E-state index in [0.29, 0.717) is 10.8 Å². The van der Waals surface area contributed by atoms with Crippen LogP contribution in [-0.2, 0) is 0 Å². The van der Waals surface area contributed by atoms with Gasteiger partial charge in [-0.2, -0.15) is 0 Å². The molecule has 4 nitrogen and oxygen atoms in total. The Hall–Kier alpha value is -2.27. The molecule has 0 aliphatic heterocycles. The lowest BCUT2D eigenvalue weighted by molar-refractivity contribution is 0.0943. The van der Waals surface area contributed by atoms with E-state index in [1.54, 1.807) is 31.4 Å². The number of methoxy groups -OCH3 is 1. The first-order valence-corrected chi connectivity index (χ1v) is 6.98. The van der Waals surface area contributed by atoms with Crippen molar-refractivity contribution in [1.82, 2.24) is 5.32 Å². The number of carbonyl (C=O) groups is 1. The van der Waals surface area contributed by atoms with Gasteiger partial charge in [0.05, 0.1) is 19.2 Å². The number of ether oxygens (including phenoxy) is 2. The van der Waals surface area contributed by atoms with Crippen molar-refractivity contribution in [2.75, 3.05) is 20.3 Å². The van der Waals surface area contributed by atoms with Gasteiger partial charge in [0.2, 0.25) is 0 Å². The molecule has 0 atom stereocenters. The van der Waals surface area contributed by atoms with Gasteiger partial charge < -0.3 is 14.8 Å². The molecule has 6 heteroatoms. The van der Waals surface area contributed by atoms with Crippen LogP contribution in [0.3, 0.4) is 0 Å². The van der Waals surface area contributed by atoms with Gasteiger partial charge in [0.25, 0.3) is 5.91 Å². The molecule has 1 N–H and O–H groups in total. The van der Waals surface area contributed by atoms with E-state index < -0.39 is 11.7 Å². The average Bonchev–Trinajstić information content (AvgIpc) is 2.54. The number of benzene rings is 2. The maximum atomic E-state index is 13.5. The molecule has 0 heterocycles. The van der Waals surface area contributed by atoms with Gasteiger partial charge in [-0.25, -0.2) is 4.39 Å². The molecule has 0 fully saturated rings. The number of hydrogen-bond acceptors (Lipinski definition) is 3. The normalized spacial score (nSPS) is 10.1. The summed E-state index contributed by atoms with van der Waals surface area (Å²) in [5.74, 6) is 0.248. The second-order valence-corrected chi connectivity index (χ2v) is 4.84. The standard InChI is InChI=1S/C16H15ClFNO3/c1-21-12-3-5-13(6-4-12)22-9-8-19-16(20)14-10-11(17)2-7-15(14)18/h2-7,10H,8-9H2,1H3,(H,19,20). The number of halogens is 2. The zero-order valence-corrected chi connectivity index (χ0v) is 12.7. The molecule has 2 aromatic rings. The number of nitrogens with one attached hydrogen (secondary N) is 1. The number of amides is 1. The molecule has 22 heavy (non-hydrogen) atoms. The molecule has 0 unspecified atom stereocenters. The summed E-state index contributed by atoms with van der Waals surface area (Å²) in [4.78, 5) is 11.8. The van der Waals surface area contributed by atoms with Gasteiger partial charge in [-0.3, -0.25) is 4.79 Å². The van der Waals surface area contributed by atoms with Crippen molar-refractivity contribution in [3.8, 4) is 11.5 Å². The zero-order valence-electron chi connectivity index (χ0n) is 11.9. The summed E-state index contributed by atoms with van der Waals surface area (Å²) in [7, 11) is 1.58. The third-order valence-corrected chi connectivity index (χ3v) is 3.12. The van der Waals surface area contributed by atoms with Crippen molar-refractivity contribution in [3.05, 3.63) is 58.9 Å². The highest BCUT2D eigenvalue weighted by molar-refractivity contribution is 6.30. The first kappa shape index (κ1) is 16.1.